The van der Waals surface area contributed by atoms with Crippen molar-refractivity contribution in [1.82, 2.24) is 0 Å². The summed E-state index contributed by atoms with van der Waals surface area (Å²) in [6.07, 6.45) is 0. The van der Waals surface area contributed by atoms with Gasteiger partial charge in [0.2, 0.25) is 17.5 Å². The number of rotatable bonds is 15. The molecule has 0 unspecified atom stereocenters. The van der Waals surface area contributed by atoms with E-state index in [-0.39, 0.29) is 43.0 Å². The first kappa shape index (κ1) is 83.9. The zero-order chi connectivity index (χ0) is 78.5. The molecule has 9 nitrogen and oxygen atoms in total. The molecule has 0 radical (unpaired) electrons. The molecule has 106 heavy (non-hydrogen) atoms. The van der Waals surface area contributed by atoms with Crippen LogP contribution in [0.5, 0.6) is 0 Å². The molecule has 556 valence electrons. The molecule has 0 amide bonds. The van der Waals surface area contributed by atoms with Crippen LogP contribution in [0.25, 0.3) is 0 Å². The predicted molar refractivity (Wildman–Crippen MR) is 362 cm³/mol. The van der Waals surface area contributed by atoms with E-state index in [1.807, 2.05) is 23.5 Å². The van der Waals surface area contributed by atoms with Crippen LogP contribution >= 0.6 is 23.5 Å². The second kappa shape index (κ2) is 34.6. The summed E-state index contributed by atoms with van der Waals surface area (Å²) in [5, 5.41) is 0. The lowest BCUT2D eigenvalue weighted by molar-refractivity contribution is -0.597. The summed E-state index contributed by atoms with van der Waals surface area (Å²) in [6, 6.07) is 64.7. The fraction of sp³-hybridized carbons (Fsp3) is 0.108. The van der Waals surface area contributed by atoms with E-state index in [0.29, 0.717) is 0 Å². The van der Waals surface area contributed by atoms with Gasteiger partial charge in [0, 0.05) is 41.8 Å². The number of hydrogen-bond acceptors (Lipinski definition) is 11. The van der Waals surface area contributed by atoms with Crippen molar-refractivity contribution in [2.24, 2.45) is 0 Å². The molecule has 0 saturated carbocycles. The number of hydrogen-bond donors (Lipinski definition) is 0. The SMILES string of the molecule is Cc1ccc([S+](c2ccc(Sc3ccc([I+]c4ccc(Sc5ccc([S+](c6ccc(C)cc6C)c6ccc(C)cc6C)cc5)cc4)cc3)cc2)c2ccc(C)cc2C)c(C)c1.O=S(=O)([O-])c1c(F)c(F)c(F)c(F)c1F.O=S(=O)([O-])c1c(F)c(F)c(F)c(F)c1F.O=S(=O)([O-])c1c(F)c(F)c(F)c(F)c1F. The summed E-state index contributed by atoms with van der Waals surface area (Å²) in [4.78, 5) is 6.29. The highest BCUT2D eigenvalue weighted by Crippen LogP contribution is 2.40. The van der Waals surface area contributed by atoms with Crippen molar-refractivity contribution in [2.45, 2.75) is 119 Å². The molecule has 32 heteroatoms. The average Bonchev–Trinajstić information content (AvgIpc) is 0.787. The van der Waals surface area contributed by atoms with Crippen LogP contribution in [0.3, 0.4) is 0 Å². The highest BCUT2D eigenvalue weighted by atomic mass is 127. The zero-order valence-corrected chi connectivity index (χ0v) is 63.6. The summed E-state index contributed by atoms with van der Waals surface area (Å²) in [6.45, 7) is 17.8. The van der Waals surface area contributed by atoms with Gasteiger partial charge in [-0.1, -0.05) is 94.3 Å². The lowest BCUT2D eigenvalue weighted by Crippen LogP contribution is -3.61. The molecule has 0 heterocycles. The Morgan fingerprint density at radius 2 is 0.443 bits per heavy atom. The van der Waals surface area contributed by atoms with E-state index < -0.39 is 132 Å². The van der Waals surface area contributed by atoms with E-state index in [4.69, 9.17) is 0 Å². The quantitative estimate of drug-likeness (QED) is 0.0239. The van der Waals surface area contributed by atoms with Crippen molar-refractivity contribution in [1.29, 1.82) is 0 Å². The van der Waals surface area contributed by atoms with Crippen LogP contribution in [-0.2, 0) is 52.1 Å². The molecule has 0 spiro atoms. The Labute approximate surface area is 624 Å². The van der Waals surface area contributed by atoms with Crippen LogP contribution in [0.15, 0.2) is 233 Å². The van der Waals surface area contributed by atoms with Gasteiger partial charge in [-0.2, -0.15) is 0 Å². The second-order valence-corrected chi connectivity index (χ2v) is 36.1. The van der Waals surface area contributed by atoms with Gasteiger partial charge in [-0.05, 0) is 177 Å². The van der Waals surface area contributed by atoms with Gasteiger partial charge in [0.1, 0.15) is 45.0 Å². The van der Waals surface area contributed by atoms with Crippen molar-refractivity contribution >= 4 is 75.7 Å². The maximum Gasteiger partial charge on any atom is 0.357 e. The van der Waals surface area contributed by atoms with E-state index in [1.165, 1.54) is 101 Å². The first-order valence-corrected chi connectivity index (χ1v) is 40.6. The van der Waals surface area contributed by atoms with Crippen LogP contribution < -0.4 is 21.2 Å². The molecule has 11 rings (SSSR count). The van der Waals surface area contributed by atoms with Gasteiger partial charge in [-0.3, -0.25) is 0 Å². The van der Waals surface area contributed by atoms with Gasteiger partial charge >= 0.3 is 21.2 Å². The maximum absolute atomic E-state index is 12.6. The third-order valence-electron chi connectivity index (χ3n) is 14.9. The minimum absolute atomic E-state index is 0.168. The first-order chi connectivity index (χ1) is 49.5. The van der Waals surface area contributed by atoms with Crippen LogP contribution in [0.2, 0.25) is 0 Å². The summed E-state index contributed by atoms with van der Waals surface area (Å²) in [7, 11) is -17.7. The fourth-order valence-electron chi connectivity index (χ4n) is 10.1. The summed E-state index contributed by atoms with van der Waals surface area (Å²) in [5.74, 6) is -38.5. The fourth-order valence-corrected chi connectivity index (χ4v) is 20.4. The number of halogens is 16. The van der Waals surface area contributed by atoms with Crippen molar-refractivity contribution < 1.29 is 126 Å². The van der Waals surface area contributed by atoms with E-state index in [0.717, 1.165) is 0 Å². The van der Waals surface area contributed by atoms with E-state index in [9.17, 15) is 105 Å². The van der Waals surface area contributed by atoms with E-state index >= 15 is 0 Å². The molecule has 11 aromatic rings. The van der Waals surface area contributed by atoms with Gasteiger partial charge in [0.15, 0.2) is 106 Å². The molecule has 0 atom stereocenters. The molecular formula is C74H52F15IO9S7. The zero-order valence-electron chi connectivity index (χ0n) is 55.7. The average molecular weight is 1720 g/mol. The summed E-state index contributed by atoms with van der Waals surface area (Å²) >= 11 is 3.42. The Kier molecular flexibility index (Phi) is 27.4. The number of benzene rings is 11. The smallest absolute Gasteiger partial charge is 0.357 e. The van der Waals surface area contributed by atoms with E-state index in [2.05, 4.69) is 225 Å². The lowest BCUT2D eigenvalue weighted by atomic mass is 10.2. The molecule has 0 bridgehead atoms. The van der Waals surface area contributed by atoms with Gasteiger partial charge in [0.05, 0.1) is 21.8 Å². The Hall–Kier alpha value is -7.77. The topological polar surface area (TPSA) is 172 Å². The molecule has 11 aromatic carbocycles. The standard InChI is InChI=1S/C56H52IS4.3C6HF5O3S/c1-37-9-29-53(41(5)33-37)60(54-30-10-38(2)34-42(54)6)51-25-21-49(22-26-51)58-47-17-13-45(14-18-47)57-46-15-19-48(20-16-46)59-50-23-27-52(28-24-50)61(55-31-11-39(3)35-43(55)7)56-32-12-40(4)36-44(56)8;3*7-1-2(8)4(10)6(15(12,13)14)5(11)3(1)9/h9-36H,1-8H3;3*(H,12,13,14)/q+3;;;/p-3. The van der Waals surface area contributed by atoms with Crippen molar-refractivity contribution in [3.05, 3.63) is 309 Å². The summed E-state index contributed by atoms with van der Waals surface area (Å²) in [5.41, 5.74) is 10.7. The lowest BCUT2D eigenvalue weighted by Gasteiger charge is -2.13. The van der Waals surface area contributed by atoms with Crippen LogP contribution in [-0.4, -0.2) is 38.9 Å². The van der Waals surface area contributed by atoms with Gasteiger partial charge in [-0.25, -0.2) is 91.1 Å². The van der Waals surface area contributed by atoms with Gasteiger partial charge < -0.3 is 13.7 Å². The minimum atomic E-state index is -5.77. The molecule has 0 aliphatic carbocycles. The summed E-state index contributed by atoms with van der Waals surface area (Å²) < 4.78 is 282. The third-order valence-corrected chi connectivity index (χ3v) is 27.3. The number of aryl methyl sites for hydroxylation is 8. The van der Waals surface area contributed by atoms with Crippen LogP contribution in [0.1, 0.15) is 44.5 Å². The van der Waals surface area contributed by atoms with Gasteiger partial charge in [-0.15, -0.1) is 0 Å². The third kappa shape index (κ3) is 19.7. The Balaban J connectivity index is 0.000000252. The highest BCUT2D eigenvalue weighted by Gasteiger charge is 2.36. The van der Waals surface area contributed by atoms with Crippen molar-refractivity contribution in [3.63, 3.8) is 0 Å². The molecule has 0 aliphatic rings. The molecule has 0 fully saturated rings. The first-order valence-electron chi connectivity index (χ1n) is 30.1. The van der Waals surface area contributed by atoms with Gasteiger partial charge in [0.25, 0.3) is 0 Å². The van der Waals surface area contributed by atoms with E-state index in [1.54, 1.807) is 0 Å². The Morgan fingerprint density at radius 1 is 0.264 bits per heavy atom. The van der Waals surface area contributed by atoms with Crippen molar-refractivity contribution in [2.75, 3.05) is 0 Å². The van der Waals surface area contributed by atoms with Crippen LogP contribution in [0.4, 0.5) is 65.9 Å². The monoisotopic (exact) mass is 1720 g/mol. The highest BCUT2D eigenvalue weighted by molar-refractivity contribution is 8.00. The minimum Gasteiger partial charge on any atom is -0.744 e. The largest absolute Gasteiger partial charge is 0.744 e. The Bertz CT molecular complexity index is 4920. The molecule has 0 aromatic heterocycles. The maximum atomic E-state index is 12.6. The van der Waals surface area contributed by atoms with Crippen molar-refractivity contribution in [3.8, 4) is 0 Å². The molecule has 0 saturated heterocycles. The molecular weight excluding hydrogens is 1670 g/mol. The molecule has 0 aliphatic heterocycles. The normalized spacial score (nSPS) is 11.6. The Morgan fingerprint density at radius 3 is 0.623 bits per heavy atom. The molecule has 0 N–H and O–H groups in total. The second-order valence-electron chi connectivity index (χ2n) is 22.9. The predicted octanol–water partition coefficient (Wildman–Crippen LogP) is 16.6. The van der Waals surface area contributed by atoms with Crippen LogP contribution in [0, 0.1) is 150 Å².